The Kier molecular flexibility index (Phi) is 2.59. The summed E-state index contributed by atoms with van der Waals surface area (Å²) in [7, 11) is 1.03. The highest BCUT2D eigenvalue weighted by Crippen LogP contribution is 2.15. The van der Waals surface area contributed by atoms with E-state index >= 15 is 0 Å². The van der Waals surface area contributed by atoms with Crippen LogP contribution in [0.15, 0.2) is 0 Å². The van der Waals surface area contributed by atoms with Gasteiger partial charge >= 0.3 is 11.0 Å². The van der Waals surface area contributed by atoms with Crippen LogP contribution in [0.5, 0.6) is 0 Å². The van der Waals surface area contributed by atoms with E-state index in [2.05, 4.69) is 4.74 Å². The fraction of sp³-hybridized carbons (Fsp3) is 0.750. The normalized spacial score (nSPS) is 15.5. The van der Waals surface area contributed by atoms with Crippen molar-refractivity contribution < 1.29 is 14.5 Å². The molecule has 0 bridgehead atoms. The van der Waals surface area contributed by atoms with Gasteiger partial charge in [0, 0.05) is 6.92 Å². The van der Waals surface area contributed by atoms with Crippen molar-refractivity contribution >= 4 is 17.6 Å². The van der Waals surface area contributed by atoms with Gasteiger partial charge in [0.25, 0.3) is 0 Å². The summed E-state index contributed by atoms with van der Waals surface area (Å²) in [5.74, 6) is -1.07. The standard InChI is InChI=1S/C4H6ClNO4/c1-4(5,6(8)9)3(7)10-2/h1-2H3/t4-/m0/s1. The molecule has 0 heterocycles. The largest absolute Gasteiger partial charge is 0.463 e. The van der Waals surface area contributed by atoms with Crippen molar-refractivity contribution in [3.8, 4) is 0 Å². The highest BCUT2D eigenvalue weighted by molar-refractivity contribution is 6.32. The second kappa shape index (κ2) is 2.83. The van der Waals surface area contributed by atoms with Crippen molar-refractivity contribution in [3.05, 3.63) is 10.1 Å². The molecule has 5 nitrogen and oxygen atoms in total. The third kappa shape index (κ3) is 1.57. The van der Waals surface area contributed by atoms with Crippen LogP contribution in [0, 0.1) is 10.1 Å². The van der Waals surface area contributed by atoms with E-state index in [0.717, 1.165) is 14.0 Å². The van der Waals surface area contributed by atoms with Crippen molar-refractivity contribution in [1.29, 1.82) is 0 Å². The van der Waals surface area contributed by atoms with E-state index in [1.807, 2.05) is 0 Å². The number of nitrogens with zero attached hydrogens (tertiary/aromatic N) is 1. The number of rotatable bonds is 2. The van der Waals surface area contributed by atoms with Crippen LogP contribution in [0.1, 0.15) is 6.92 Å². The first-order chi connectivity index (χ1) is 4.42. The molecule has 0 aliphatic heterocycles. The maximum atomic E-state index is 10.5. The Bertz CT molecular complexity index is 167. The Morgan fingerprint density at radius 3 is 2.30 bits per heavy atom. The third-order valence-corrected chi connectivity index (χ3v) is 1.19. The molecule has 58 valence electrons. The van der Waals surface area contributed by atoms with Gasteiger partial charge in [-0.25, -0.2) is 4.79 Å². The second-order valence-electron chi connectivity index (χ2n) is 1.70. The number of halogens is 1. The lowest BCUT2D eigenvalue weighted by atomic mass is 10.3. The van der Waals surface area contributed by atoms with Gasteiger partial charge in [-0.3, -0.25) is 10.1 Å². The lowest BCUT2D eigenvalue weighted by molar-refractivity contribution is -0.524. The average molecular weight is 168 g/mol. The number of hydrogen-bond acceptors (Lipinski definition) is 4. The van der Waals surface area contributed by atoms with Gasteiger partial charge in [-0.2, -0.15) is 0 Å². The summed E-state index contributed by atoms with van der Waals surface area (Å²) in [4.78, 5) is 17.4. The van der Waals surface area contributed by atoms with Gasteiger partial charge in [0.15, 0.2) is 0 Å². The fourth-order valence-electron chi connectivity index (χ4n) is 0.261. The van der Waals surface area contributed by atoms with E-state index in [1.54, 1.807) is 0 Å². The lowest BCUT2D eigenvalue weighted by Gasteiger charge is -2.08. The van der Waals surface area contributed by atoms with Gasteiger partial charge < -0.3 is 4.74 Å². The Morgan fingerprint density at radius 1 is 1.80 bits per heavy atom. The summed E-state index contributed by atoms with van der Waals surface area (Å²) in [6, 6.07) is 0. The predicted molar refractivity (Wildman–Crippen MR) is 33.3 cm³/mol. The third-order valence-electron chi connectivity index (χ3n) is 0.901. The molecule has 0 aromatic rings. The van der Waals surface area contributed by atoms with E-state index in [-0.39, 0.29) is 0 Å². The van der Waals surface area contributed by atoms with Crippen LogP contribution in [0.4, 0.5) is 0 Å². The number of hydrogen-bond donors (Lipinski definition) is 0. The molecular weight excluding hydrogens is 162 g/mol. The zero-order chi connectivity index (χ0) is 8.36. The average Bonchev–Trinajstić information content (AvgIpc) is 1.86. The molecule has 0 amide bonds. The molecule has 0 fully saturated rings. The highest BCUT2D eigenvalue weighted by atomic mass is 35.5. The Hall–Kier alpha value is -0.840. The minimum Gasteiger partial charge on any atom is -0.463 e. The van der Waals surface area contributed by atoms with E-state index < -0.39 is 15.9 Å². The van der Waals surface area contributed by atoms with Gasteiger partial charge in [0.05, 0.1) is 12.0 Å². The molecule has 0 spiro atoms. The van der Waals surface area contributed by atoms with E-state index in [4.69, 9.17) is 11.6 Å². The summed E-state index contributed by atoms with van der Waals surface area (Å²) < 4.78 is 4.06. The molecule has 0 rings (SSSR count). The van der Waals surface area contributed by atoms with E-state index in [0.29, 0.717) is 0 Å². The second-order valence-corrected chi connectivity index (χ2v) is 2.44. The molecule has 0 radical (unpaired) electrons. The van der Waals surface area contributed by atoms with Crippen molar-refractivity contribution in [2.75, 3.05) is 7.11 Å². The van der Waals surface area contributed by atoms with Crippen LogP contribution in [0.2, 0.25) is 0 Å². The summed E-state index contributed by atoms with van der Waals surface area (Å²) in [6.07, 6.45) is 0. The highest BCUT2D eigenvalue weighted by Gasteiger charge is 2.45. The molecule has 6 heteroatoms. The quantitative estimate of drug-likeness (QED) is 0.196. The molecule has 0 aliphatic carbocycles. The molecule has 0 saturated carbocycles. The zero-order valence-corrected chi connectivity index (χ0v) is 6.21. The monoisotopic (exact) mass is 167 g/mol. The first kappa shape index (κ1) is 9.16. The molecule has 0 aromatic heterocycles. The number of carbonyl (C=O) groups excluding carboxylic acids is 1. The molecule has 0 aromatic carbocycles. The maximum absolute atomic E-state index is 10.5. The Balaban J connectivity index is 4.40. The van der Waals surface area contributed by atoms with Crippen LogP contribution in [-0.4, -0.2) is 23.0 Å². The van der Waals surface area contributed by atoms with Crippen LogP contribution in [0.25, 0.3) is 0 Å². The summed E-state index contributed by atoms with van der Waals surface area (Å²) in [5.41, 5.74) is 0. The first-order valence-corrected chi connectivity index (χ1v) is 2.72. The number of carbonyl (C=O) groups is 1. The van der Waals surface area contributed by atoms with Crippen LogP contribution in [0.3, 0.4) is 0 Å². The molecule has 10 heavy (non-hydrogen) atoms. The summed E-state index contributed by atoms with van der Waals surface area (Å²) in [5, 5.41) is 9.99. The first-order valence-electron chi connectivity index (χ1n) is 2.34. The van der Waals surface area contributed by atoms with Crippen LogP contribution >= 0.6 is 11.6 Å². The van der Waals surface area contributed by atoms with Gasteiger partial charge in [-0.1, -0.05) is 0 Å². The predicted octanol–water partition coefficient (Wildman–Crippen LogP) is 0.391. The van der Waals surface area contributed by atoms with Gasteiger partial charge in [-0.15, -0.1) is 0 Å². The topological polar surface area (TPSA) is 69.4 Å². The molecule has 0 N–H and O–H groups in total. The SMILES string of the molecule is COC(=O)[C@@](C)(Cl)[N+](=O)[O-]. The molecule has 0 unspecified atom stereocenters. The number of nitro groups is 1. The van der Waals surface area contributed by atoms with Crippen molar-refractivity contribution in [2.45, 2.75) is 11.9 Å². The zero-order valence-electron chi connectivity index (χ0n) is 5.46. The Labute approximate surface area is 62.1 Å². The Morgan fingerprint density at radius 2 is 2.20 bits per heavy atom. The molecular formula is C4H6ClNO4. The van der Waals surface area contributed by atoms with Crippen molar-refractivity contribution in [1.82, 2.24) is 0 Å². The summed E-state index contributed by atoms with van der Waals surface area (Å²) >= 11 is 5.15. The van der Waals surface area contributed by atoms with Crippen molar-refractivity contribution in [3.63, 3.8) is 0 Å². The van der Waals surface area contributed by atoms with E-state index in [1.165, 1.54) is 0 Å². The van der Waals surface area contributed by atoms with Crippen LogP contribution < -0.4 is 0 Å². The van der Waals surface area contributed by atoms with Gasteiger partial charge in [-0.05, 0) is 11.6 Å². The number of alkyl halides is 1. The number of methoxy groups -OCH3 is 1. The molecule has 0 aliphatic rings. The minimum atomic E-state index is -2.16. The van der Waals surface area contributed by atoms with Crippen molar-refractivity contribution in [2.24, 2.45) is 0 Å². The van der Waals surface area contributed by atoms with E-state index in [9.17, 15) is 14.9 Å². The minimum absolute atomic E-state index is 0.916. The number of ether oxygens (including phenoxy) is 1. The fourth-order valence-corrected chi connectivity index (χ4v) is 0.338. The molecule has 1 atom stereocenters. The lowest BCUT2D eigenvalue weighted by Crippen LogP contribution is -2.38. The number of esters is 1. The maximum Gasteiger partial charge on any atom is 0.401 e. The molecule has 0 saturated heterocycles. The van der Waals surface area contributed by atoms with Crippen LogP contribution in [-0.2, 0) is 9.53 Å². The van der Waals surface area contributed by atoms with Gasteiger partial charge in [0.2, 0.25) is 0 Å². The smallest absolute Gasteiger partial charge is 0.401 e. The van der Waals surface area contributed by atoms with Gasteiger partial charge in [0.1, 0.15) is 0 Å². The summed E-state index contributed by atoms with van der Waals surface area (Å²) in [6.45, 7) is 0.959.